The quantitative estimate of drug-likeness (QED) is 0.405. The molecule has 5 rings (SSSR count). The van der Waals surface area contributed by atoms with Crippen LogP contribution in [0.4, 0.5) is 0 Å². The van der Waals surface area contributed by atoms with Crippen molar-refractivity contribution in [3.63, 3.8) is 0 Å². The molecule has 0 radical (unpaired) electrons. The van der Waals surface area contributed by atoms with Gasteiger partial charge in [-0.15, -0.1) is 0 Å². The van der Waals surface area contributed by atoms with Crippen LogP contribution in [-0.4, -0.2) is 57.8 Å². The highest BCUT2D eigenvalue weighted by molar-refractivity contribution is 5.96. The number of aliphatic hydroxyl groups excluding tert-OH is 2. The van der Waals surface area contributed by atoms with Gasteiger partial charge in [-0.05, 0) is 30.9 Å². The van der Waals surface area contributed by atoms with E-state index in [2.05, 4.69) is 6.58 Å². The minimum Gasteiger partial charge on any atom is -0.462 e. The molecule has 3 N–H and O–H groups in total. The van der Waals surface area contributed by atoms with E-state index >= 15 is 0 Å². The van der Waals surface area contributed by atoms with Crippen LogP contribution in [0.1, 0.15) is 26.7 Å². The lowest BCUT2D eigenvalue weighted by molar-refractivity contribution is -0.305. The molecule has 2 heterocycles. The third kappa shape index (κ3) is 1.69. The van der Waals surface area contributed by atoms with Crippen LogP contribution in [0.5, 0.6) is 0 Å². The number of carbonyl (C=O) groups is 2. The van der Waals surface area contributed by atoms with Crippen LogP contribution in [0, 0.1) is 28.6 Å². The van der Waals surface area contributed by atoms with Gasteiger partial charge in [0.1, 0.15) is 18.3 Å². The molecule has 7 nitrogen and oxygen atoms in total. The van der Waals surface area contributed by atoms with E-state index in [4.69, 9.17) is 9.47 Å². The molecule has 2 saturated carbocycles. The van der Waals surface area contributed by atoms with E-state index in [1.165, 1.54) is 6.08 Å². The Labute approximate surface area is 156 Å². The van der Waals surface area contributed by atoms with Crippen LogP contribution < -0.4 is 0 Å². The predicted molar refractivity (Wildman–Crippen MR) is 90.9 cm³/mol. The number of ether oxygens (including phenoxy) is 2. The summed E-state index contributed by atoms with van der Waals surface area (Å²) >= 11 is 0. The third-order valence-electron chi connectivity index (χ3n) is 8.19. The minimum atomic E-state index is -1.98. The number of esters is 1. The highest BCUT2D eigenvalue weighted by atomic mass is 16.6. The lowest BCUT2D eigenvalue weighted by Crippen LogP contribution is -2.74. The highest BCUT2D eigenvalue weighted by Crippen LogP contribution is 2.73. The summed E-state index contributed by atoms with van der Waals surface area (Å²) in [6, 6.07) is 0. The lowest BCUT2D eigenvalue weighted by atomic mass is 9.39. The fourth-order valence-electron chi connectivity index (χ4n) is 7.14. The summed E-state index contributed by atoms with van der Waals surface area (Å²) in [6.07, 6.45) is -1.36. The molecule has 0 aromatic rings. The number of hydrogen-bond acceptors (Lipinski definition) is 7. The molecule has 2 bridgehead atoms. The van der Waals surface area contributed by atoms with Crippen molar-refractivity contribution in [3.05, 3.63) is 23.8 Å². The van der Waals surface area contributed by atoms with Crippen molar-refractivity contribution in [2.24, 2.45) is 28.6 Å². The SMILES string of the molecule is C=C1[C@@H](O)[C@@]2(O)OC[C@]34C2[C@@]2(C)[C@H](O)C(=O)C=C(C)[C@@H]2C[C@H]3OC(=O)C[C@@H]14. The maximum Gasteiger partial charge on any atom is 0.306 e. The van der Waals surface area contributed by atoms with E-state index in [9.17, 15) is 24.9 Å². The maximum absolute atomic E-state index is 12.5. The van der Waals surface area contributed by atoms with Crippen molar-refractivity contribution in [2.75, 3.05) is 6.61 Å². The third-order valence-corrected chi connectivity index (χ3v) is 8.19. The molecule has 1 spiro atoms. The molecular formula is C20H24O7. The molecule has 1 unspecified atom stereocenters. The van der Waals surface area contributed by atoms with Crippen LogP contribution in [0.25, 0.3) is 0 Å². The zero-order valence-electron chi connectivity index (χ0n) is 15.3. The zero-order valence-corrected chi connectivity index (χ0v) is 15.3. The van der Waals surface area contributed by atoms with Crippen molar-refractivity contribution in [1.82, 2.24) is 0 Å². The lowest BCUT2D eigenvalue weighted by Gasteiger charge is -2.66. The van der Waals surface area contributed by atoms with Crippen molar-refractivity contribution in [1.29, 1.82) is 0 Å². The van der Waals surface area contributed by atoms with Crippen molar-refractivity contribution in [2.45, 2.75) is 50.8 Å². The van der Waals surface area contributed by atoms with E-state index in [-0.39, 0.29) is 24.9 Å². The number of aliphatic hydroxyl groups is 3. The first-order valence-electron chi connectivity index (χ1n) is 9.41. The van der Waals surface area contributed by atoms with Gasteiger partial charge < -0.3 is 24.8 Å². The number of allylic oxidation sites excluding steroid dienone is 1. The normalized spacial score (nSPS) is 56.2. The number of rotatable bonds is 0. The average molecular weight is 376 g/mol. The highest BCUT2D eigenvalue weighted by Gasteiger charge is 2.81. The molecular weight excluding hydrogens is 352 g/mol. The van der Waals surface area contributed by atoms with Crippen LogP contribution in [0.3, 0.4) is 0 Å². The van der Waals surface area contributed by atoms with Gasteiger partial charge >= 0.3 is 5.97 Å². The molecule has 4 fully saturated rings. The summed E-state index contributed by atoms with van der Waals surface area (Å²) in [7, 11) is 0. The molecule has 9 atom stereocenters. The van der Waals surface area contributed by atoms with Gasteiger partial charge in [0, 0.05) is 22.7 Å². The first-order valence-corrected chi connectivity index (χ1v) is 9.41. The van der Waals surface area contributed by atoms with Crippen LogP contribution >= 0.6 is 0 Å². The Kier molecular flexibility index (Phi) is 3.18. The molecule has 3 aliphatic carbocycles. The van der Waals surface area contributed by atoms with Gasteiger partial charge in [0.2, 0.25) is 0 Å². The molecule has 0 amide bonds. The second-order valence-corrected chi connectivity index (χ2v) is 9.15. The van der Waals surface area contributed by atoms with Crippen LogP contribution in [-0.2, 0) is 19.1 Å². The first-order chi connectivity index (χ1) is 12.6. The largest absolute Gasteiger partial charge is 0.462 e. The summed E-state index contributed by atoms with van der Waals surface area (Å²) in [4.78, 5) is 24.8. The number of ketones is 1. The molecule has 5 aliphatic rings. The van der Waals surface area contributed by atoms with E-state index in [1.54, 1.807) is 6.92 Å². The Bertz CT molecular complexity index is 817. The van der Waals surface area contributed by atoms with Gasteiger partial charge in [-0.25, -0.2) is 0 Å². The summed E-state index contributed by atoms with van der Waals surface area (Å²) in [5.74, 6) is -4.25. The Morgan fingerprint density at radius 3 is 2.63 bits per heavy atom. The average Bonchev–Trinajstić information content (AvgIpc) is 2.90. The summed E-state index contributed by atoms with van der Waals surface area (Å²) in [6.45, 7) is 7.64. The molecule has 146 valence electrons. The van der Waals surface area contributed by atoms with E-state index in [0.29, 0.717) is 12.0 Å². The summed E-state index contributed by atoms with van der Waals surface area (Å²) in [5, 5.41) is 33.3. The number of carbonyl (C=O) groups excluding carboxylic acids is 2. The standard InChI is InChI=1S/C20H24O7/c1-8-4-12(21)16(24)18(3)10(8)5-13-19-7-26-20(25,17(18)19)15(23)9(2)11(19)6-14(22)27-13/h4,10-11,13,15-17,23-25H,2,5-7H2,1,3H3/t10-,11-,13+,15+,16+,17?,18+,19+,20+/m0/s1. The maximum atomic E-state index is 12.5. The smallest absolute Gasteiger partial charge is 0.306 e. The zero-order chi connectivity index (χ0) is 19.5. The van der Waals surface area contributed by atoms with Gasteiger partial charge in [-0.3, -0.25) is 9.59 Å². The van der Waals surface area contributed by atoms with Crippen molar-refractivity contribution < 1.29 is 34.4 Å². The molecule has 2 aliphatic heterocycles. The van der Waals surface area contributed by atoms with Gasteiger partial charge in [0.05, 0.1) is 13.0 Å². The molecule has 27 heavy (non-hydrogen) atoms. The van der Waals surface area contributed by atoms with Crippen LogP contribution in [0.2, 0.25) is 0 Å². The van der Waals surface area contributed by atoms with Gasteiger partial charge in [0.25, 0.3) is 0 Å². The van der Waals surface area contributed by atoms with E-state index in [0.717, 1.165) is 5.57 Å². The Morgan fingerprint density at radius 2 is 1.93 bits per heavy atom. The predicted octanol–water partition coefficient (Wildman–Crippen LogP) is 0.0863. The Balaban J connectivity index is 1.79. The summed E-state index contributed by atoms with van der Waals surface area (Å²) in [5.41, 5.74) is -0.730. The number of hydrogen-bond donors (Lipinski definition) is 3. The molecule has 0 aromatic heterocycles. The molecule has 7 heteroatoms. The van der Waals surface area contributed by atoms with Crippen LogP contribution in [0.15, 0.2) is 23.8 Å². The van der Waals surface area contributed by atoms with E-state index < -0.39 is 52.5 Å². The van der Waals surface area contributed by atoms with Gasteiger partial charge in [-0.1, -0.05) is 19.1 Å². The fraction of sp³-hybridized carbons (Fsp3) is 0.700. The van der Waals surface area contributed by atoms with E-state index in [1.807, 2.05) is 6.92 Å². The topological polar surface area (TPSA) is 113 Å². The Hall–Kier alpha value is -1.54. The van der Waals surface area contributed by atoms with Crippen molar-refractivity contribution in [3.8, 4) is 0 Å². The molecule has 2 saturated heterocycles. The second-order valence-electron chi connectivity index (χ2n) is 9.15. The van der Waals surface area contributed by atoms with Gasteiger partial charge in [-0.2, -0.15) is 0 Å². The first kappa shape index (κ1) is 17.6. The minimum absolute atomic E-state index is 0.0436. The van der Waals surface area contributed by atoms with Gasteiger partial charge in [0.15, 0.2) is 11.6 Å². The van der Waals surface area contributed by atoms with Crippen molar-refractivity contribution >= 4 is 11.8 Å². The fourth-order valence-corrected chi connectivity index (χ4v) is 7.14. The Morgan fingerprint density at radius 1 is 1.22 bits per heavy atom. The number of fused-ring (bicyclic) bond motifs is 1. The molecule has 0 aromatic carbocycles. The summed E-state index contributed by atoms with van der Waals surface area (Å²) < 4.78 is 11.5. The monoisotopic (exact) mass is 376 g/mol. The second kappa shape index (κ2) is 4.89.